The number of hydrogen-bond acceptors (Lipinski definition) is 5. The third-order valence-electron chi connectivity index (χ3n) is 5.13. The van der Waals surface area contributed by atoms with Crippen molar-refractivity contribution in [1.82, 2.24) is 10.6 Å². The van der Waals surface area contributed by atoms with Gasteiger partial charge in [-0.15, -0.1) is 24.0 Å². The fourth-order valence-corrected chi connectivity index (χ4v) is 3.26. The second-order valence-corrected chi connectivity index (χ2v) is 7.40. The van der Waals surface area contributed by atoms with E-state index in [-0.39, 0.29) is 24.0 Å². The zero-order valence-corrected chi connectivity index (χ0v) is 21.6. The Morgan fingerprint density at radius 1 is 0.906 bits per heavy atom. The van der Waals surface area contributed by atoms with Crippen LogP contribution in [-0.4, -0.2) is 40.4 Å². The summed E-state index contributed by atoms with van der Waals surface area (Å²) in [6.07, 6.45) is 2.55. The van der Waals surface area contributed by atoms with Gasteiger partial charge in [-0.1, -0.05) is 18.2 Å². The molecule has 0 bridgehead atoms. The molecule has 7 nitrogen and oxygen atoms in total. The Morgan fingerprint density at radius 2 is 1.66 bits per heavy atom. The van der Waals surface area contributed by atoms with E-state index in [1.807, 2.05) is 37.3 Å². The minimum absolute atomic E-state index is 0. The molecular weight excluding hydrogens is 521 g/mol. The van der Waals surface area contributed by atoms with Gasteiger partial charge < -0.3 is 29.6 Å². The average Bonchev–Trinajstić information content (AvgIpc) is 3.63. The maximum absolute atomic E-state index is 6.02. The van der Waals surface area contributed by atoms with Crippen molar-refractivity contribution in [3.8, 4) is 23.0 Å². The Labute approximate surface area is 207 Å². The van der Waals surface area contributed by atoms with Gasteiger partial charge in [0.15, 0.2) is 17.5 Å². The molecule has 0 aliphatic heterocycles. The molecule has 1 fully saturated rings. The van der Waals surface area contributed by atoms with Gasteiger partial charge in [0.1, 0.15) is 5.75 Å². The molecule has 1 saturated carbocycles. The lowest BCUT2D eigenvalue weighted by molar-refractivity contribution is 0.296. The predicted octanol–water partition coefficient (Wildman–Crippen LogP) is 4.37. The van der Waals surface area contributed by atoms with E-state index in [9.17, 15) is 0 Å². The average molecular weight is 555 g/mol. The van der Waals surface area contributed by atoms with Crippen molar-refractivity contribution >= 4 is 29.9 Å². The van der Waals surface area contributed by atoms with Crippen LogP contribution in [0.5, 0.6) is 23.0 Å². The van der Waals surface area contributed by atoms with Gasteiger partial charge in [-0.2, -0.15) is 0 Å². The molecule has 1 aliphatic rings. The number of halogens is 1. The molecule has 8 heteroatoms. The molecule has 1 aliphatic carbocycles. The SMILES string of the molecule is CCNC(=NCc1ccc(OC)c(OC)c1OC)NCc1ccccc1OCC1CC1.I. The molecule has 0 amide bonds. The van der Waals surface area contributed by atoms with Crippen LogP contribution in [0.1, 0.15) is 30.9 Å². The van der Waals surface area contributed by atoms with Crippen molar-refractivity contribution < 1.29 is 18.9 Å². The lowest BCUT2D eigenvalue weighted by Gasteiger charge is -2.16. The van der Waals surface area contributed by atoms with Crippen LogP contribution in [0.2, 0.25) is 0 Å². The van der Waals surface area contributed by atoms with E-state index in [1.165, 1.54) is 12.8 Å². The number of guanidine groups is 1. The number of para-hydroxylation sites is 1. The van der Waals surface area contributed by atoms with Gasteiger partial charge in [-0.05, 0) is 43.9 Å². The molecule has 2 aromatic rings. The highest BCUT2D eigenvalue weighted by atomic mass is 127. The molecule has 0 aromatic heterocycles. The third kappa shape index (κ3) is 7.08. The third-order valence-corrected chi connectivity index (χ3v) is 5.13. The lowest BCUT2D eigenvalue weighted by atomic mass is 10.1. The fraction of sp³-hybridized carbons (Fsp3) is 0.458. The van der Waals surface area contributed by atoms with Gasteiger partial charge in [-0.25, -0.2) is 4.99 Å². The molecule has 32 heavy (non-hydrogen) atoms. The van der Waals surface area contributed by atoms with Gasteiger partial charge >= 0.3 is 0 Å². The number of aliphatic imine (C=N–C) groups is 1. The van der Waals surface area contributed by atoms with E-state index in [1.54, 1.807) is 21.3 Å². The maximum Gasteiger partial charge on any atom is 0.203 e. The minimum atomic E-state index is 0. The summed E-state index contributed by atoms with van der Waals surface area (Å²) < 4.78 is 22.4. The second kappa shape index (κ2) is 13.2. The van der Waals surface area contributed by atoms with Crippen molar-refractivity contribution in [1.29, 1.82) is 0 Å². The van der Waals surface area contributed by atoms with Crippen LogP contribution in [-0.2, 0) is 13.1 Å². The van der Waals surface area contributed by atoms with Crippen LogP contribution in [0.4, 0.5) is 0 Å². The Bertz CT molecular complexity index is 888. The van der Waals surface area contributed by atoms with Crippen LogP contribution in [0, 0.1) is 5.92 Å². The van der Waals surface area contributed by atoms with E-state index in [4.69, 9.17) is 23.9 Å². The van der Waals surface area contributed by atoms with Crippen LogP contribution >= 0.6 is 24.0 Å². The largest absolute Gasteiger partial charge is 0.493 e. The van der Waals surface area contributed by atoms with Gasteiger partial charge in [0.2, 0.25) is 5.75 Å². The Hall–Kier alpha value is -2.36. The monoisotopic (exact) mass is 555 g/mol. The molecule has 3 rings (SSSR count). The molecule has 0 unspecified atom stereocenters. The van der Waals surface area contributed by atoms with Gasteiger partial charge in [0.05, 0.1) is 34.5 Å². The minimum Gasteiger partial charge on any atom is -0.493 e. The standard InChI is InChI=1S/C24H33N3O4.HI/c1-5-25-24(26-14-18-8-6-7-9-20(18)31-16-17-10-11-17)27-15-19-12-13-21(28-2)23(30-4)22(19)29-3;/h6-9,12-13,17H,5,10-11,14-16H2,1-4H3,(H2,25,26,27);1H. The second-order valence-electron chi connectivity index (χ2n) is 7.40. The number of benzene rings is 2. The number of rotatable bonds is 11. The van der Waals surface area contributed by atoms with E-state index >= 15 is 0 Å². The van der Waals surface area contributed by atoms with Crippen molar-refractivity contribution in [3.63, 3.8) is 0 Å². The first-order valence-electron chi connectivity index (χ1n) is 10.7. The highest BCUT2D eigenvalue weighted by Crippen LogP contribution is 2.40. The first-order chi connectivity index (χ1) is 15.2. The summed E-state index contributed by atoms with van der Waals surface area (Å²) in [7, 11) is 4.82. The van der Waals surface area contributed by atoms with Crippen LogP contribution in [0.25, 0.3) is 0 Å². The molecule has 2 aromatic carbocycles. The zero-order valence-electron chi connectivity index (χ0n) is 19.3. The number of nitrogens with one attached hydrogen (secondary N) is 2. The zero-order chi connectivity index (χ0) is 22.1. The van der Waals surface area contributed by atoms with Crippen LogP contribution < -0.4 is 29.6 Å². The smallest absolute Gasteiger partial charge is 0.203 e. The van der Waals surface area contributed by atoms with E-state index in [0.29, 0.717) is 30.3 Å². The molecule has 2 N–H and O–H groups in total. The maximum atomic E-state index is 6.02. The molecule has 176 valence electrons. The molecule has 0 spiro atoms. The molecular formula is C24H34IN3O4. The first kappa shape index (κ1) is 25.9. The van der Waals surface area contributed by atoms with E-state index in [0.717, 1.165) is 41.9 Å². The Balaban J connectivity index is 0.00000363. The summed E-state index contributed by atoms with van der Waals surface area (Å²) in [6, 6.07) is 11.9. The number of hydrogen-bond donors (Lipinski definition) is 2. The van der Waals surface area contributed by atoms with Gasteiger partial charge in [-0.3, -0.25) is 0 Å². The number of ether oxygens (including phenoxy) is 4. The summed E-state index contributed by atoms with van der Waals surface area (Å²) in [5.74, 6) is 4.18. The van der Waals surface area contributed by atoms with Crippen LogP contribution in [0.3, 0.4) is 0 Å². The number of nitrogens with zero attached hydrogens (tertiary/aromatic N) is 1. The van der Waals surface area contributed by atoms with Crippen molar-refractivity contribution in [3.05, 3.63) is 47.5 Å². The van der Waals surface area contributed by atoms with Gasteiger partial charge in [0, 0.05) is 24.2 Å². The summed E-state index contributed by atoms with van der Waals surface area (Å²) in [6.45, 7) is 4.65. The fourth-order valence-electron chi connectivity index (χ4n) is 3.26. The quantitative estimate of drug-likeness (QED) is 0.244. The summed E-state index contributed by atoms with van der Waals surface area (Å²) >= 11 is 0. The first-order valence-corrected chi connectivity index (χ1v) is 10.7. The summed E-state index contributed by atoms with van der Waals surface area (Å²) in [5.41, 5.74) is 2.02. The topological polar surface area (TPSA) is 73.3 Å². The van der Waals surface area contributed by atoms with Gasteiger partial charge in [0.25, 0.3) is 0 Å². The molecule has 0 saturated heterocycles. The predicted molar refractivity (Wildman–Crippen MR) is 138 cm³/mol. The highest BCUT2D eigenvalue weighted by Gasteiger charge is 2.22. The molecule has 0 radical (unpaired) electrons. The van der Waals surface area contributed by atoms with Crippen molar-refractivity contribution in [2.24, 2.45) is 10.9 Å². The summed E-state index contributed by atoms with van der Waals surface area (Å²) in [4.78, 5) is 4.73. The lowest BCUT2D eigenvalue weighted by Crippen LogP contribution is -2.36. The normalized spacial score (nSPS) is 13.1. The van der Waals surface area contributed by atoms with E-state index < -0.39 is 0 Å². The molecule has 0 heterocycles. The highest BCUT2D eigenvalue weighted by molar-refractivity contribution is 14.0. The summed E-state index contributed by atoms with van der Waals surface area (Å²) in [5, 5.41) is 6.69. The van der Waals surface area contributed by atoms with E-state index in [2.05, 4.69) is 16.7 Å². The Morgan fingerprint density at radius 3 is 2.31 bits per heavy atom. The van der Waals surface area contributed by atoms with Crippen molar-refractivity contribution in [2.75, 3.05) is 34.5 Å². The number of methoxy groups -OCH3 is 3. The Kier molecular flexibility index (Phi) is 10.7. The van der Waals surface area contributed by atoms with Crippen LogP contribution in [0.15, 0.2) is 41.4 Å². The van der Waals surface area contributed by atoms with Crippen molar-refractivity contribution in [2.45, 2.75) is 32.9 Å². The molecule has 0 atom stereocenters.